The highest BCUT2D eigenvalue weighted by Crippen LogP contribution is 2.30. The lowest BCUT2D eigenvalue weighted by molar-refractivity contribution is -0.137. The number of halogens is 3. The van der Waals surface area contributed by atoms with E-state index in [1.165, 1.54) is 12.1 Å². The molecule has 0 fully saturated rings. The van der Waals surface area contributed by atoms with Gasteiger partial charge in [0, 0.05) is 38.2 Å². The number of fused-ring (bicyclic) bond motifs is 1. The van der Waals surface area contributed by atoms with Crippen molar-refractivity contribution in [2.45, 2.75) is 25.6 Å². The highest BCUT2D eigenvalue weighted by molar-refractivity contribution is 6.01. The molecule has 1 aromatic heterocycles. The molecule has 9 heteroatoms. The van der Waals surface area contributed by atoms with Crippen LogP contribution in [0.4, 0.5) is 18.9 Å². The molecular weight excluding hydrogens is 421 g/mol. The zero-order valence-corrected chi connectivity index (χ0v) is 16.9. The van der Waals surface area contributed by atoms with Gasteiger partial charge in [0.05, 0.1) is 22.9 Å². The number of hydrogen-bond donors (Lipinski definition) is 1. The summed E-state index contributed by atoms with van der Waals surface area (Å²) in [5.74, 6) is -0.235. The van der Waals surface area contributed by atoms with Gasteiger partial charge in [-0.15, -0.1) is 0 Å². The summed E-state index contributed by atoms with van der Waals surface area (Å²) in [5, 5.41) is 11.3. The molecule has 32 heavy (non-hydrogen) atoms. The Morgan fingerprint density at radius 2 is 1.91 bits per heavy atom. The first kappa shape index (κ1) is 21.6. The van der Waals surface area contributed by atoms with E-state index in [9.17, 15) is 18.0 Å². The summed E-state index contributed by atoms with van der Waals surface area (Å²) in [6.07, 6.45) is -3.34. The Labute approximate surface area is 182 Å². The van der Waals surface area contributed by atoms with Crippen molar-refractivity contribution in [1.29, 1.82) is 5.26 Å². The van der Waals surface area contributed by atoms with E-state index in [0.29, 0.717) is 42.9 Å². The molecule has 1 amide bonds. The molecule has 6 nitrogen and oxygen atoms in total. The van der Waals surface area contributed by atoms with Crippen LogP contribution in [-0.4, -0.2) is 28.9 Å². The second-order valence-corrected chi connectivity index (χ2v) is 7.51. The first-order chi connectivity index (χ1) is 15.3. The molecule has 164 valence electrons. The van der Waals surface area contributed by atoms with Crippen LogP contribution in [0.5, 0.6) is 0 Å². The maximum absolute atomic E-state index is 12.9. The van der Waals surface area contributed by atoms with E-state index in [4.69, 9.17) is 9.68 Å². The van der Waals surface area contributed by atoms with Gasteiger partial charge in [0.1, 0.15) is 5.76 Å². The van der Waals surface area contributed by atoms with Crippen LogP contribution in [0, 0.1) is 11.3 Å². The van der Waals surface area contributed by atoms with Gasteiger partial charge in [-0.2, -0.15) is 18.4 Å². The molecule has 2 heterocycles. The molecule has 0 atom stereocenters. The van der Waals surface area contributed by atoms with E-state index >= 15 is 0 Å². The van der Waals surface area contributed by atoms with E-state index in [0.717, 1.165) is 24.2 Å². The number of carbonyl (C=O) groups is 1. The van der Waals surface area contributed by atoms with Crippen molar-refractivity contribution in [2.75, 3.05) is 18.4 Å². The van der Waals surface area contributed by atoms with Crippen molar-refractivity contribution >= 4 is 11.6 Å². The number of amides is 1. The number of benzene rings is 2. The Balaban J connectivity index is 1.39. The molecule has 1 aliphatic rings. The molecule has 0 unspecified atom stereocenters. The van der Waals surface area contributed by atoms with Gasteiger partial charge in [-0.25, -0.2) is 4.98 Å². The lowest BCUT2D eigenvalue weighted by Crippen LogP contribution is -2.26. The fourth-order valence-electron chi connectivity index (χ4n) is 3.57. The second-order valence-electron chi connectivity index (χ2n) is 7.51. The molecule has 0 radical (unpaired) electrons. The Morgan fingerprint density at radius 3 is 2.62 bits per heavy atom. The third-order valence-corrected chi connectivity index (χ3v) is 5.23. The van der Waals surface area contributed by atoms with Gasteiger partial charge in [-0.3, -0.25) is 9.69 Å². The summed E-state index contributed by atoms with van der Waals surface area (Å²) >= 11 is 0. The Hall–Kier alpha value is -3.64. The van der Waals surface area contributed by atoms with Crippen LogP contribution in [0.2, 0.25) is 0 Å². The molecular formula is C23H19F3N4O2. The smallest absolute Gasteiger partial charge is 0.416 e. The summed E-state index contributed by atoms with van der Waals surface area (Å²) in [4.78, 5) is 19.0. The Morgan fingerprint density at radius 1 is 1.16 bits per heavy atom. The van der Waals surface area contributed by atoms with Gasteiger partial charge in [0.15, 0.2) is 0 Å². The minimum Gasteiger partial charge on any atom is -0.437 e. The molecule has 3 aromatic rings. The van der Waals surface area contributed by atoms with Crippen molar-refractivity contribution in [3.05, 3.63) is 82.6 Å². The molecule has 4 rings (SSSR count). The summed E-state index contributed by atoms with van der Waals surface area (Å²) in [7, 11) is 0. The maximum Gasteiger partial charge on any atom is 0.416 e. The van der Waals surface area contributed by atoms with E-state index < -0.39 is 17.6 Å². The van der Waals surface area contributed by atoms with E-state index in [1.807, 2.05) is 12.1 Å². The number of nitrogens with zero attached hydrogens (tertiary/aromatic N) is 3. The van der Waals surface area contributed by atoms with Crippen LogP contribution in [-0.2, 0) is 25.6 Å². The predicted octanol–water partition coefficient (Wildman–Crippen LogP) is 4.42. The van der Waals surface area contributed by atoms with E-state index in [-0.39, 0.29) is 11.6 Å². The summed E-state index contributed by atoms with van der Waals surface area (Å²) in [6.45, 7) is 2.14. The van der Waals surface area contributed by atoms with Crippen LogP contribution >= 0.6 is 0 Å². The number of anilines is 1. The molecule has 1 N–H and O–H groups in total. The SMILES string of the molecule is N#Cc1ccc(CN2CCc3nc(C(=O)Nc4cccc(C(F)(F)F)c4)oc3CC2)cc1. The third kappa shape index (κ3) is 4.98. The number of nitriles is 1. The number of aromatic nitrogens is 1. The molecule has 0 bridgehead atoms. The second kappa shape index (κ2) is 8.85. The highest BCUT2D eigenvalue weighted by Gasteiger charge is 2.30. The summed E-state index contributed by atoms with van der Waals surface area (Å²) < 4.78 is 44.2. The fourth-order valence-corrected chi connectivity index (χ4v) is 3.57. The quantitative estimate of drug-likeness (QED) is 0.650. The monoisotopic (exact) mass is 440 g/mol. The van der Waals surface area contributed by atoms with Gasteiger partial charge in [-0.05, 0) is 35.9 Å². The third-order valence-electron chi connectivity index (χ3n) is 5.23. The predicted molar refractivity (Wildman–Crippen MR) is 110 cm³/mol. The number of nitrogens with one attached hydrogen (secondary N) is 1. The van der Waals surface area contributed by atoms with Gasteiger partial charge >= 0.3 is 12.1 Å². The molecule has 0 spiro atoms. The van der Waals surface area contributed by atoms with Crippen molar-refractivity contribution in [1.82, 2.24) is 9.88 Å². The van der Waals surface area contributed by atoms with Crippen LogP contribution < -0.4 is 5.32 Å². The summed E-state index contributed by atoms with van der Waals surface area (Å²) in [6, 6.07) is 13.9. The first-order valence-corrected chi connectivity index (χ1v) is 10.0. The average Bonchev–Trinajstić information content (AvgIpc) is 3.10. The zero-order valence-electron chi connectivity index (χ0n) is 16.9. The number of oxazole rings is 1. The number of rotatable bonds is 4. The number of hydrogen-bond acceptors (Lipinski definition) is 5. The van der Waals surface area contributed by atoms with Gasteiger partial charge < -0.3 is 9.73 Å². The maximum atomic E-state index is 12.9. The zero-order chi connectivity index (χ0) is 22.7. The molecule has 2 aromatic carbocycles. The van der Waals surface area contributed by atoms with Gasteiger partial charge in [-0.1, -0.05) is 18.2 Å². The topological polar surface area (TPSA) is 82.2 Å². The normalized spacial score (nSPS) is 14.3. The molecule has 0 saturated carbocycles. The van der Waals surface area contributed by atoms with Crippen LogP contribution in [0.15, 0.2) is 52.9 Å². The van der Waals surface area contributed by atoms with Crippen LogP contribution in [0.25, 0.3) is 0 Å². The lowest BCUT2D eigenvalue weighted by atomic mass is 10.1. The lowest BCUT2D eigenvalue weighted by Gasteiger charge is -2.19. The largest absolute Gasteiger partial charge is 0.437 e. The summed E-state index contributed by atoms with van der Waals surface area (Å²) in [5.41, 5.74) is 1.56. The van der Waals surface area contributed by atoms with Crippen LogP contribution in [0.1, 0.15) is 38.8 Å². The minimum absolute atomic E-state index is 0.0202. The van der Waals surface area contributed by atoms with Gasteiger partial charge in [0.2, 0.25) is 0 Å². The molecule has 1 aliphatic heterocycles. The Kier molecular flexibility index (Phi) is 5.97. The standard InChI is InChI=1S/C23H19F3N4O2/c24-23(25,26)17-2-1-3-18(12-17)28-21(31)22-29-19-8-10-30(11-9-20(19)32-22)14-16-6-4-15(13-27)5-7-16/h1-7,12H,8-11,14H2,(H,28,31). The van der Waals surface area contributed by atoms with Crippen molar-refractivity contribution < 1.29 is 22.4 Å². The first-order valence-electron chi connectivity index (χ1n) is 10.0. The number of carbonyl (C=O) groups excluding carboxylic acids is 1. The van der Waals surface area contributed by atoms with Crippen molar-refractivity contribution in [3.8, 4) is 6.07 Å². The minimum atomic E-state index is -4.50. The van der Waals surface area contributed by atoms with Crippen molar-refractivity contribution in [2.24, 2.45) is 0 Å². The fraction of sp³-hybridized carbons (Fsp3) is 0.261. The van der Waals surface area contributed by atoms with Crippen LogP contribution in [0.3, 0.4) is 0 Å². The number of alkyl halides is 3. The highest BCUT2D eigenvalue weighted by atomic mass is 19.4. The van der Waals surface area contributed by atoms with E-state index in [1.54, 1.807) is 12.1 Å². The van der Waals surface area contributed by atoms with E-state index in [2.05, 4.69) is 21.3 Å². The van der Waals surface area contributed by atoms with Crippen molar-refractivity contribution in [3.63, 3.8) is 0 Å². The average molecular weight is 440 g/mol. The Bertz CT molecular complexity index is 1140. The molecule has 0 aliphatic carbocycles. The molecule has 0 saturated heterocycles. The van der Waals surface area contributed by atoms with Gasteiger partial charge in [0.25, 0.3) is 5.89 Å².